The minimum atomic E-state index is -1.18. The largest absolute Gasteiger partial charge is 0.453 e. The van der Waals surface area contributed by atoms with Gasteiger partial charge >= 0.3 is 5.97 Å². The van der Waals surface area contributed by atoms with Gasteiger partial charge < -0.3 is 9.84 Å². The van der Waals surface area contributed by atoms with Crippen LogP contribution in [-0.2, 0) is 14.3 Å². The fraction of sp³-hybridized carbons (Fsp3) is 0.778. The van der Waals surface area contributed by atoms with Crippen LogP contribution in [0, 0.1) is 5.92 Å². The van der Waals surface area contributed by atoms with Crippen LogP contribution >= 0.6 is 0 Å². The van der Waals surface area contributed by atoms with Gasteiger partial charge in [0.2, 0.25) is 0 Å². The van der Waals surface area contributed by atoms with E-state index in [4.69, 9.17) is 9.84 Å². The van der Waals surface area contributed by atoms with Gasteiger partial charge in [-0.25, -0.2) is 4.79 Å². The van der Waals surface area contributed by atoms with Crippen LogP contribution in [0.15, 0.2) is 0 Å². The summed E-state index contributed by atoms with van der Waals surface area (Å²) in [6.07, 6.45) is -1.95. The van der Waals surface area contributed by atoms with Gasteiger partial charge in [-0.15, -0.1) is 0 Å². The molecule has 1 N–H and O–H groups in total. The smallest absolute Gasteiger partial charge is 0.335 e. The summed E-state index contributed by atoms with van der Waals surface area (Å²) in [6, 6.07) is 0. The predicted molar refractivity (Wildman–Crippen MR) is 47.1 cm³/mol. The zero-order chi connectivity index (χ0) is 10.6. The molecule has 0 bridgehead atoms. The molecule has 2 atom stereocenters. The number of Topliss-reactive ketones (excluding diaryl/α,β-unsaturated/α-hetero) is 1. The van der Waals surface area contributed by atoms with Crippen molar-refractivity contribution in [1.82, 2.24) is 0 Å². The maximum atomic E-state index is 11.2. The number of aliphatic hydroxyl groups is 1. The Morgan fingerprint density at radius 2 is 1.62 bits per heavy atom. The van der Waals surface area contributed by atoms with Crippen molar-refractivity contribution in [3.63, 3.8) is 0 Å². The van der Waals surface area contributed by atoms with Crippen molar-refractivity contribution in [2.45, 2.75) is 39.9 Å². The van der Waals surface area contributed by atoms with Crippen molar-refractivity contribution < 1.29 is 19.4 Å². The molecule has 76 valence electrons. The third-order valence-corrected chi connectivity index (χ3v) is 1.60. The molecule has 0 aliphatic carbocycles. The summed E-state index contributed by atoms with van der Waals surface area (Å²) in [5.41, 5.74) is 0. The van der Waals surface area contributed by atoms with Gasteiger partial charge in [0.1, 0.15) is 6.10 Å². The van der Waals surface area contributed by atoms with Crippen LogP contribution in [0.1, 0.15) is 27.7 Å². The highest BCUT2D eigenvalue weighted by Crippen LogP contribution is 2.04. The highest BCUT2D eigenvalue weighted by atomic mass is 16.6. The highest BCUT2D eigenvalue weighted by molar-refractivity contribution is 5.87. The summed E-state index contributed by atoms with van der Waals surface area (Å²) in [5, 5.41) is 8.80. The second-order valence-corrected chi connectivity index (χ2v) is 3.31. The second-order valence-electron chi connectivity index (χ2n) is 3.31. The quantitative estimate of drug-likeness (QED) is 0.653. The van der Waals surface area contributed by atoms with Crippen molar-refractivity contribution in [1.29, 1.82) is 0 Å². The van der Waals surface area contributed by atoms with Crippen molar-refractivity contribution in [2.75, 3.05) is 0 Å². The molecular formula is C9H16O4. The van der Waals surface area contributed by atoms with Crippen molar-refractivity contribution >= 4 is 11.8 Å². The van der Waals surface area contributed by atoms with Crippen molar-refractivity contribution in [2.24, 2.45) is 5.92 Å². The van der Waals surface area contributed by atoms with E-state index >= 15 is 0 Å². The van der Waals surface area contributed by atoms with E-state index < -0.39 is 18.2 Å². The summed E-state index contributed by atoms with van der Waals surface area (Å²) < 4.78 is 4.70. The number of ketones is 1. The molecule has 0 aromatic carbocycles. The number of carbonyl (C=O) groups is 2. The highest BCUT2D eigenvalue weighted by Gasteiger charge is 2.22. The fourth-order valence-corrected chi connectivity index (χ4v) is 0.800. The number of aliphatic hydroxyl groups excluding tert-OH is 1. The van der Waals surface area contributed by atoms with Gasteiger partial charge in [-0.05, 0) is 13.8 Å². The average molecular weight is 188 g/mol. The minimum absolute atomic E-state index is 0.144. The summed E-state index contributed by atoms with van der Waals surface area (Å²) in [6.45, 7) is 6.27. The molecule has 0 fully saturated rings. The number of carbonyl (C=O) groups excluding carboxylic acids is 2. The summed E-state index contributed by atoms with van der Waals surface area (Å²) in [5.74, 6) is -1.08. The topological polar surface area (TPSA) is 63.6 Å². The molecule has 13 heavy (non-hydrogen) atoms. The van der Waals surface area contributed by atoms with E-state index in [9.17, 15) is 9.59 Å². The van der Waals surface area contributed by atoms with E-state index in [-0.39, 0.29) is 11.7 Å². The Labute approximate surface area is 77.9 Å². The molecule has 0 rings (SSSR count). The Kier molecular flexibility index (Phi) is 4.62. The van der Waals surface area contributed by atoms with E-state index in [0.717, 1.165) is 0 Å². The molecule has 0 amide bonds. The predicted octanol–water partition coefficient (Wildman–Crippen LogP) is 0.524. The number of rotatable bonds is 4. The average Bonchev–Trinajstić information content (AvgIpc) is 2.02. The lowest BCUT2D eigenvalue weighted by Crippen LogP contribution is -2.31. The Hall–Kier alpha value is -0.900. The van der Waals surface area contributed by atoms with E-state index in [1.165, 1.54) is 13.8 Å². The van der Waals surface area contributed by atoms with Crippen molar-refractivity contribution in [3.05, 3.63) is 0 Å². The van der Waals surface area contributed by atoms with Gasteiger partial charge in [-0.1, -0.05) is 13.8 Å². The lowest BCUT2D eigenvalue weighted by molar-refractivity contribution is -0.162. The number of hydrogen-bond acceptors (Lipinski definition) is 4. The first-order chi connectivity index (χ1) is 5.86. The van der Waals surface area contributed by atoms with Crippen molar-refractivity contribution in [3.8, 4) is 0 Å². The fourth-order valence-electron chi connectivity index (χ4n) is 0.800. The Balaban J connectivity index is 4.08. The molecule has 0 aromatic heterocycles. The van der Waals surface area contributed by atoms with E-state index in [0.29, 0.717) is 0 Å². The van der Waals surface area contributed by atoms with Gasteiger partial charge in [0.25, 0.3) is 0 Å². The molecule has 0 saturated carbocycles. The van der Waals surface area contributed by atoms with Crippen LogP contribution < -0.4 is 0 Å². The molecule has 4 heteroatoms. The molecule has 4 nitrogen and oxygen atoms in total. The zero-order valence-electron chi connectivity index (χ0n) is 8.40. The van der Waals surface area contributed by atoms with E-state index in [1.54, 1.807) is 13.8 Å². The molecular weight excluding hydrogens is 172 g/mol. The third-order valence-electron chi connectivity index (χ3n) is 1.60. The maximum Gasteiger partial charge on any atom is 0.335 e. The summed E-state index contributed by atoms with van der Waals surface area (Å²) in [7, 11) is 0. The summed E-state index contributed by atoms with van der Waals surface area (Å²) >= 11 is 0. The van der Waals surface area contributed by atoms with Gasteiger partial charge in [0.15, 0.2) is 11.9 Å². The number of hydrogen-bond donors (Lipinski definition) is 1. The molecule has 0 aliphatic rings. The summed E-state index contributed by atoms with van der Waals surface area (Å²) in [4.78, 5) is 22.1. The van der Waals surface area contributed by atoms with Crippen LogP contribution in [0.3, 0.4) is 0 Å². The van der Waals surface area contributed by atoms with Crippen LogP contribution in [0.2, 0.25) is 0 Å². The minimum Gasteiger partial charge on any atom is -0.453 e. The molecule has 0 saturated heterocycles. The number of ether oxygens (including phenoxy) is 1. The van der Waals surface area contributed by atoms with E-state index in [1.807, 2.05) is 0 Å². The van der Waals surface area contributed by atoms with Gasteiger partial charge in [-0.3, -0.25) is 4.79 Å². The molecule has 0 heterocycles. The lowest BCUT2D eigenvalue weighted by Gasteiger charge is -2.14. The van der Waals surface area contributed by atoms with Crippen LogP contribution in [0.4, 0.5) is 0 Å². The second kappa shape index (κ2) is 4.97. The van der Waals surface area contributed by atoms with Gasteiger partial charge in [0, 0.05) is 5.92 Å². The lowest BCUT2D eigenvalue weighted by atomic mass is 10.1. The Bertz CT molecular complexity index is 196. The van der Waals surface area contributed by atoms with Crippen LogP contribution in [0.25, 0.3) is 0 Å². The van der Waals surface area contributed by atoms with Gasteiger partial charge in [-0.2, -0.15) is 0 Å². The first-order valence-electron chi connectivity index (χ1n) is 4.28. The first-order valence-corrected chi connectivity index (χ1v) is 4.28. The molecule has 0 aromatic rings. The third kappa shape index (κ3) is 4.03. The van der Waals surface area contributed by atoms with Crippen LogP contribution in [0.5, 0.6) is 0 Å². The Morgan fingerprint density at radius 3 is 1.92 bits per heavy atom. The first kappa shape index (κ1) is 12.1. The molecule has 1 unspecified atom stereocenters. The molecule has 0 aliphatic heterocycles. The molecule has 0 spiro atoms. The maximum absolute atomic E-state index is 11.2. The number of esters is 1. The Morgan fingerprint density at radius 1 is 1.15 bits per heavy atom. The zero-order valence-corrected chi connectivity index (χ0v) is 8.40. The van der Waals surface area contributed by atoms with Gasteiger partial charge in [0.05, 0.1) is 0 Å². The van der Waals surface area contributed by atoms with Crippen LogP contribution in [-0.4, -0.2) is 29.1 Å². The SMILES string of the molecule is CC(C)C(=O)[C@H](C)OC(=O)C(C)O. The monoisotopic (exact) mass is 188 g/mol. The molecule has 0 radical (unpaired) electrons. The van der Waals surface area contributed by atoms with E-state index in [2.05, 4.69) is 0 Å². The standard InChI is InChI=1S/C9H16O4/c1-5(2)8(11)7(4)13-9(12)6(3)10/h5-7,10H,1-4H3/t6?,7-/m0/s1. The normalized spacial score (nSPS) is 15.2.